The van der Waals surface area contributed by atoms with Gasteiger partial charge in [-0.2, -0.15) is 0 Å². The molecule has 0 fully saturated rings. The summed E-state index contributed by atoms with van der Waals surface area (Å²) in [7, 11) is 1.61. The van der Waals surface area contributed by atoms with E-state index in [4.69, 9.17) is 9.84 Å². The second kappa shape index (κ2) is 7.03. The van der Waals surface area contributed by atoms with Crippen molar-refractivity contribution in [3.05, 3.63) is 0 Å². The third-order valence-electron chi connectivity index (χ3n) is 1.50. The van der Waals surface area contributed by atoms with Crippen LogP contribution in [-0.2, 0) is 4.74 Å². The summed E-state index contributed by atoms with van der Waals surface area (Å²) in [6, 6.07) is 0. The Kier molecular flexibility index (Phi) is 6.98. The largest absolute Gasteiger partial charge is 0.391 e. The number of rotatable bonds is 6. The quantitative estimate of drug-likeness (QED) is 0.576. The fourth-order valence-corrected chi connectivity index (χ4v) is 0.906. The molecule has 0 aliphatic carbocycles. The van der Waals surface area contributed by atoms with Crippen molar-refractivity contribution in [1.29, 1.82) is 0 Å². The first kappa shape index (κ1) is 9.92. The Morgan fingerprint density at radius 1 is 1.40 bits per heavy atom. The molecule has 0 bridgehead atoms. The molecule has 0 spiro atoms. The maximum Gasteiger partial charge on any atom is 0.0773 e. The van der Waals surface area contributed by atoms with Gasteiger partial charge in [0.05, 0.1) is 12.7 Å². The van der Waals surface area contributed by atoms with Crippen LogP contribution in [0, 0.1) is 0 Å². The Bertz CT molecular complexity index is 64.3. The van der Waals surface area contributed by atoms with E-state index in [2.05, 4.69) is 6.92 Å². The number of aliphatic hydroxyl groups excluding tert-OH is 1. The van der Waals surface area contributed by atoms with Gasteiger partial charge in [0.25, 0.3) is 0 Å². The van der Waals surface area contributed by atoms with E-state index in [-0.39, 0.29) is 6.10 Å². The predicted octanol–water partition coefficient (Wildman–Crippen LogP) is 1.57. The molecule has 2 nitrogen and oxygen atoms in total. The van der Waals surface area contributed by atoms with Gasteiger partial charge in [0.1, 0.15) is 0 Å². The summed E-state index contributed by atoms with van der Waals surface area (Å²) in [6.07, 6.45) is 4.15. The fourth-order valence-electron chi connectivity index (χ4n) is 0.906. The Labute approximate surface area is 63.2 Å². The Morgan fingerprint density at radius 3 is 2.60 bits per heavy atom. The molecule has 0 aromatic rings. The van der Waals surface area contributed by atoms with E-state index >= 15 is 0 Å². The van der Waals surface area contributed by atoms with Crippen molar-refractivity contribution in [2.75, 3.05) is 13.7 Å². The van der Waals surface area contributed by atoms with E-state index in [0.717, 1.165) is 12.8 Å². The second-order valence-corrected chi connectivity index (χ2v) is 2.60. The lowest BCUT2D eigenvalue weighted by Gasteiger charge is -2.07. The molecule has 0 saturated carbocycles. The lowest BCUT2D eigenvalue weighted by Crippen LogP contribution is -2.13. The highest BCUT2D eigenvalue weighted by Gasteiger charge is 2.00. The SMILES string of the molecule is CCCCC[C@@H](O)COC. The zero-order valence-electron chi connectivity index (χ0n) is 6.97. The summed E-state index contributed by atoms with van der Waals surface area (Å²) >= 11 is 0. The van der Waals surface area contributed by atoms with Crippen LogP contribution >= 0.6 is 0 Å². The van der Waals surface area contributed by atoms with Gasteiger partial charge in [-0.25, -0.2) is 0 Å². The highest BCUT2D eigenvalue weighted by molar-refractivity contribution is 4.52. The lowest BCUT2D eigenvalue weighted by atomic mass is 10.1. The molecule has 0 saturated heterocycles. The zero-order chi connectivity index (χ0) is 7.82. The minimum atomic E-state index is -0.253. The van der Waals surface area contributed by atoms with Gasteiger partial charge in [0.2, 0.25) is 0 Å². The number of hydrogen-bond donors (Lipinski definition) is 1. The second-order valence-electron chi connectivity index (χ2n) is 2.60. The van der Waals surface area contributed by atoms with Gasteiger partial charge in [-0.3, -0.25) is 0 Å². The first-order valence-electron chi connectivity index (χ1n) is 3.98. The summed E-state index contributed by atoms with van der Waals surface area (Å²) in [5.41, 5.74) is 0. The Balaban J connectivity index is 2.97. The van der Waals surface area contributed by atoms with Gasteiger partial charge in [-0.1, -0.05) is 26.2 Å². The van der Waals surface area contributed by atoms with Crippen molar-refractivity contribution in [3.8, 4) is 0 Å². The Morgan fingerprint density at radius 2 is 2.10 bits per heavy atom. The molecule has 0 aromatic heterocycles. The lowest BCUT2D eigenvalue weighted by molar-refractivity contribution is 0.0577. The third kappa shape index (κ3) is 6.05. The van der Waals surface area contributed by atoms with Crippen LogP contribution in [0.25, 0.3) is 0 Å². The van der Waals surface area contributed by atoms with Crippen molar-refractivity contribution < 1.29 is 9.84 Å². The smallest absolute Gasteiger partial charge is 0.0773 e. The average molecular weight is 146 g/mol. The molecule has 10 heavy (non-hydrogen) atoms. The van der Waals surface area contributed by atoms with Crippen molar-refractivity contribution in [1.82, 2.24) is 0 Å². The predicted molar refractivity (Wildman–Crippen MR) is 42.0 cm³/mol. The summed E-state index contributed by atoms with van der Waals surface area (Å²) in [4.78, 5) is 0. The van der Waals surface area contributed by atoms with E-state index in [1.54, 1.807) is 7.11 Å². The average Bonchev–Trinajstić information content (AvgIpc) is 1.89. The molecule has 62 valence electrons. The van der Waals surface area contributed by atoms with Crippen LogP contribution in [0.4, 0.5) is 0 Å². The first-order chi connectivity index (χ1) is 4.81. The van der Waals surface area contributed by atoms with Gasteiger partial charge in [-0.15, -0.1) is 0 Å². The minimum Gasteiger partial charge on any atom is -0.391 e. The summed E-state index contributed by atoms with van der Waals surface area (Å²) in [6.45, 7) is 2.63. The van der Waals surface area contributed by atoms with E-state index < -0.39 is 0 Å². The van der Waals surface area contributed by atoms with E-state index in [1.807, 2.05) is 0 Å². The molecular formula is C8H18O2. The van der Waals surface area contributed by atoms with E-state index in [9.17, 15) is 0 Å². The summed E-state index contributed by atoms with van der Waals surface area (Å²) in [5, 5.41) is 9.15. The van der Waals surface area contributed by atoms with Crippen molar-refractivity contribution in [2.45, 2.75) is 38.7 Å². The van der Waals surface area contributed by atoms with E-state index in [0.29, 0.717) is 6.61 Å². The zero-order valence-corrected chi connectivity index (χ0v) is 6.97. The standard InChI is InChI=1S/C8H18O2/c1-3-4-5-6-8(9)7-10-2/h8-9H,3-7H2,1-2H3/t8-/m1/s1. The van der Waals surface area contributed by atoms with Gasteiger partial charge in [0.15, 0.2) is 0 Å². The maximum absolute atomic E-state index is 9.15. The molecule has 1 atom stereocenters. The molecule has 0 amide bonds. The molecule has 0 radical (unpaired) electrons. The molecule has 0 unspecified atom stereocenters. The van der Waals surface area contributed by atoms with Crippen LogP contribution in [0.15, 0.2) is 0 Å². The molecule has 0 rings (SSSR count). The highest BCUT2D eigenvalue weighted by Crippen LogP contribution is 2.02. The van der Waals surface area contributed by atoms with Crippen LogP contribution in [0.3, 0.4) is 0 Å². The minimum absolute atomic E-state index is 0.253. The monoisotopic (exact) mass is 146 g/mol. The topological polar surface area (TPSA) is 29.5 Å². The van der Waals surface area contributed by atoms with Crippen LogP contribution in [0.2, 0.25) is 0 Å². The Hall–Kier alpha value is -0.0800. The van der Waals surface area contributed by atoms with Crippen LogP contribution in [-0.4, -0.2) is 24.9 Å². The number of unbranched alkanes of at least 4 members (excludes halogenated alkanes) is 2. The summed E-state index contributed by atoms with van der Waals surface area (Å²) in [5.74, 6) is 0. The molecule has 2 heteroatoms. The molecule has 0 aliphatic rings. The normalized spacial score (nSPS) is 13.5. The van der Waals surface area contributed by atoms with Gasteiger partial charge in [-0.05, 0) is 6.42 Å². The van der Waals surface area contributed by atoms with Crippen molar-refractivity contribution >= 4 is 0 Å². The fraction of sp³-hybridized carbons (Fsp3) is 1.00. The van der Waals surface area contributed by atoms with E-state index in [1.165, 1.54) is 12.8 Å². The summed E-state index contributed by atoms with van der Waals surface area (Å²) < 4.78 is 4.78. The maximum atomic E-state index is 9.15. The highest BCUT2D eigenvalue weighted by atomic mass is 16.5. The van der Waals surface area contributed by atoms with Crippen LogP contribution in [0.5, 0.6) is 0 Å². The number of aliphatic hydroxyl groups is 1. The molecular weight excluding hydrogens is 128 g/mol. The van der Waals surface area contributed by atoms with Crippen LogP contribution < -0.4 is 0 Å². The van der Waals surface area contributed by atoms with Gasteiger partial charge >= 0.3 is 0 Å². The number of methoxy groups -OCH3 is 1. The number of hydrogen-bond acceptors (Lipinski definition) is 2. The van der Waals surface area contributed by atoms with Gasteiger partial charge < -0.3 is 9.84 Å². The molecule has 0 heterocycles. The van der Waals surface area contributed by atoms with Crippen LogP contribution in [0.1, 0.15) is 32.6 Å². The molecule has 1 N–H and O–H groups in total. The number of ether oxygens (including phenoxy) is 1. The van der Waals surface area contributed by atoms with Crippen molar-refractivity contribution in [2.24, 2.45) is 0 Å². The molecule has 0 aliphatic heterocycles. The van der Waals surface area contributed by atoms with Gasteiger partial charge in [0, 0.05) is 7.11 Å². The molecule has 0 aromatic carbocycles. The van der Waals surface area contributed by atoms with Crippen molar-refractivity contribution in [3.63, 3.8) is 0 Å². The first-order valence-corrected chi connectivity index (χ1v) is 3.98. The third-order valence-corrected chi connectivity index (χ3v) is 1.50.